The van der Waals surface area contributed by atoms with E-state index in [9.17, 15) is 20.1 Å². The minimum absolute atomic E-state index is 0.0317. The summed E-state index contributed by atoms with van der Waals surface area (Å²) in [6.07, 6.45) is 2.23. The second-order valence-corrected chi connectivity index (χ2v) is 9.27. The lowest BCUT2D eigenvalue weighted by atomic mass is 9.90. The number of ether oxygens (including phenoxy) is 2. The van der Waals surface area contributed by atoms with Gasteiger partial charge < -0.3 is 24.8 Å². The summed E-state index contributed by atoms with van der Waals surface area (Å²) in [6.45, 7) is 7.92. The van der Waals surface area contributed by atoms with E-state index in [0.29, 0.717) is 17.9 Å². The maximum absolute atomic E-state index is 12.2. The minimum atomic E-state index is -1.71. The highest BCUT2D eigenvalue weighted by atomic mass is 16.7. The molecule has 0 radical (unpaired) electrons. The molecule has 0 amide bonds. The number of hydrogen-bond acceptors (Lipinski definition) is 6. The van der Waals surface area contributed by atoms with Crippen molar-refractivity contribution in [2.24, 2.45) is 17.3 Å². The molecule has 1 saturated carbocycles. The molecule has 4 aliphatic rings. The highest BCUT2D eigenvalue weighted by Gasteiger charge is 2.62. The summed E-state index contributed by atoms with van der Waals surface area (Å²) in [7, 11) is 0. The maximum atomic E-state index is 12.2. The predicted octanol–water partition coefficient (Wildman–Crippen LogP) is 1.44. The molecule has 2 heterocycles. The maximum Gasteiger partial charge on any atom is 0.336 e. The van der Waals surface area contributed by atoms with Gasteiger partial charge >= 0.3 is 5.97 Å². The summed E-state index contributed by atoms with van der Waals surface area (Å²) in [4.78, 5) is 12.2. The number of esters is 1. The number of carbonyl (C=O) groups excluding carboxylic acids is 1. The third-order valence-electron chi connectivity index (χ3n) is 6.88. The fraction of sp³-hybridized carbons (Fsp3) is 0.750. The Bertz CT molecular complexity index is 709. The molecule has 4 rings (SSSR count). The summed E-state index contributed by atoms with van der Waals surface area (Å²) in [6, 6.07) is 0. The fourth-order valence-corrected chi connectivity index (χ4v) is 4.98. The van der Waals surface area contributed by atoms with E-state index in [1.165, 1.54) is 6.08 Å². The van der Waals surface area contributed by atoms with Crippen molar-refractivity contribution in [3.63, 3.8) is 0 Å². The van der Waals surface area contributed by atoms with Gasteiger partial charge in [0.15, 0.2) is 0 Å². The van der Waals surface area contributed by atoms with Gasteiger partial charge in [0.05, 0.1) is 0 Å². The van der Waals surface area contributed by atoms with Gasteiger partial charge in [-0.25, -0.2) is 4.79 Å². The lowest BCUT2D eigenvalue weighted by molar-refractivity contribution is -0.183. The van der Waals surface area contributed by atoms with Crippen molar-refractivity contribution in [1.29, 1.82) is 0 Å². The number of carbonyl (C=O) groups is 1. The second kappa shape index (κ2) is 5.41. The molecule has 2 fully saturated rings. The van der Waals surface area contributed by atoms with Gasteiger partial charge in [0, 0.05) is 12.0 Å². The van der Waals surface area contributed by atoms with E-state index in [-0.39, 0.29) is 17.8 Å². The molecule has 2 aliphatic carbocycles. The topological polar surface area (TPSA) is 99.5 Å². The first-order chi connectivity index (χ1) is 12.0. The highest BCUT2D eigenvalue weighted by molar-refractivity contribution is 5.91. The fourth-order valence-electron chi connectivity index (χ4n) is 4.98. The second-order valence-electron chi connectivity index (χ2n) is 9.27. The van der Waals surface area contributed by atoms with Crippen LogP contribution in [0.5, 0.6) is 0 Å². The van der Waals surface area contributed by atoms with Gasteiger partial charge in [-0.05, 0) is 55.6 Å². The summed E-state index contributed by atoms with van der Waals surface area (Å²) >= 11 is 0. The average Bonchev–Trinajstić information content (AvgIpc) is 3.29. The largest absolute Gasteiger partial charge is 0.426 e. The standard InChI is InChI=1S/C20H28O6/c1-10-7-13-12(18(13,2)3)6-5-11-8-20(24,26-17(11)23)9-19(4)16(25-19)15(22)14(10)21/h7-8,12-16,21-22,24H,5-6,9H2,1-4H3/b10-7+/t12-,13+,14-,15-,16+,19+,20+/m1/s1. The number of epoxide rings is 1. The Morgan fingerprint density at radius 3 is 2.62 bits per heavy atom. The zero-order chi connectivity index (χ0) is 19.1. The lowest BCUT2D eigenvalue weighted by Gasteiger charge is -2.23. The molecule has 0 aromatic carbocycles. The van der Waals surface area contributed by atoms with Crippen molar-refractivity contribution < 1.29 is 29.6 Å². The number of fused-ring (bicyclic) bond motifs is 3. The van der Waals surface area contributed by atoms with Crippen molar-refractivity contribution in [3.05, 3.63) is 23.3 Å². The van der Waals surface area contributed by atoms with Crippen LogP contribution in [0.25, 0.3) is 0 Å². The van der Waals surface area contributed by atoms with Crippen LogP contribution in [0.2, 0.25) is 0 Å². The van der Waals surface area contributed by atoms with Gasteiger partial charge in [-0.15, -0.1) is 0 Å². The molecular formula is C20H28O6. The minimum Gasteiger partial charge on any atom is -0.426 e. The van der Waals surface area contributed by atoms with Crippen molar-refractivity contribution in [3.8, 4) is 0 Å². The Hall–Kier alpha value is -1.21. The molecule has 1 saturated heterocycles. The molecular weight excluding hydrogens is 336 g/mol. The summed E-state index contributed by atoms with van der Waals surface area (Å²) in [5, 5.41) is 31.8. The van der Waals surface area contributed by atoms with E-state index in [1.54, 1.807) is 6.92 Å². The van der Waals surface area contributed by atoms with Gasteiger partial charge in [0.2, 0.25) is 5.79 Å². The Balaban J connectivity index is 1.66. The van der Waals surface area contributed by atoms with Crippen molar-refractivity contribution in [1.82, 2.24) is 0 Å². The van der Waals surface area contributed by atoms with Crippen molar-refractivity contribution in [2.45, 2.75) is 76.7 Å². The van der Waals surface area contributed by atoms with Gasteiger partial charge in [-0.3, -0.25) is 0 Å². The molecule has 0 unspecified atom stereocenters. The van der Waals surface area contributed by atoms with Gasteiger partial charge in [-0.1, -0.05) is 19.9 Å². The number of allylic oxidation sites excluding steroid dienone is 1. The molecule has 2 bridgehead atoms. The highest BCUT2D eigenvalue weighted by Crippen LogP contribution is 2.62. The molecule has 144 valence electrons. The van der Waals surface area contributed by atoms with E-state index < -0.39 is 35.7 Å². The third-order valence-corrected chi connectivity index (χ3v) is 6.88. The Kier molecular flexibility index (Phi) is 3.78. The zero-order valence-corrected chi connectivity index (χ0v) is 15.7. The quantitative estimate of drug-likeness (QED) is 0.342. The van der Waals surface area contributed by atoms with Crippen LogP contribution in [-0.2, 0) is 14.3 Å². The van der Waals surface area contributed by atoms with Crippen LogP contribution in [0.15, 0.2) is 23.3 Å². The first kappa shape index (κ1) is 18.2. The third kappa shape index (κ3) is 2.74. The van der Waals surface area contributed by atoms with Crippen LogP contribution in [0, 0.1) is 17.3 Å². The Morgan fingerprint density at radius 1 is 1.23 bits per heavy atom. The number of aliphatic hydroxyl groups is 3. The Labute approximate surface area is 153 Å². The van der Waals surface area contributed by atoms with Crippen molar-refractivity contribution in [2.75, 3.05) is 0 Å². The van der Waals surface area contributed by atoms with Crippen LogP contribution in [-0.4, -0.2) is 51.0 Å². The van der Waals surface area contributed by atoms with E-state index in [0.717, 1.165) is 12.0 Å². The molecule has 0 aromatic rings. The summed E-state index contributed by atoms with van der Waals surface area (Å²) in [5.74, 6) is -1.52. The van der Waals surface area contributed by atoms with Crippen LogP contribution in [0.4, 0.5) is 0 Å². The molecule has 6 heteroatoms. The van der Waals surface area contributed by atoms with Gasteiger partial charge in [-0.2, -0.15) is 0 Å². The molecule has 0 spiro atoms. The SMILES string of the molecule is C/C1=C\[C@H]2[C@@H](CCC3=C[C@@](O)(C[C@]4(C)O[C@H]4[C@H](O)[C@@H]1O)OC3=O)C2(C)C. The predicted molar refractivity (Wildman–Crippen MR) is 92.8 cm³/mol. The molecule has 3 N–H and O–H groups in total. The smallest absolute Gasteiger partial charge is 0.336 e. The van der Waals surface area contributed by atoms with E-state index >= 15 is 0 Å². The first-order valence-corrected chi connectivity index (χ1v) is 9.37. The van der Waals surface area contributed by atoms with Gasteiger partial charge in [0.25, 0.3) is 0 Å². The normalized spacial score (nSPS) is 51.8. The average molecular weight is 364 g/mol. The zero-order valence-electron chi connectivity index (χ0n) is 15.7. The first-order valence-electron chi connectivity index (χ1n) is 9.37. The van der Waals surface area contributed by atoms with Crippen molar-refractivity contribution >= 4 is 5.97 Å². The molecule has 6 nitrogen and oxygen atoms in total. The van der Waals surface area contributed by atoms with Crippen LogP contribution >= 0.6 is 0 Å². The number of aliphatic hydroxyl groups excluding tert-OH is 2. The monoisotopic (exact) mass is 364 g/mol. The Morgan fingerprint density at radius 2 is 1.92 bits per heavy atom. The molecule has 0 aromatic heterocycles. The number of hydrogen-bond donors (Lipinski definition) is 3. The summed E-state index contributed by atoms with van der Waals surface area (Å²) in [5.41, 5.74) is 0.470. The van der Waals surface area contributed by atoms with Crippen LogP contribution < -0.4 is 0 Å². The lowest BCUT2D eigenvalue weighted by Crippen LogP contribution is -2.39. The number of rotatable bonds is 0. The molecule has 2 aliphatic heterocycles. The van der Waals surface area contributed by atoms with Crippen LogP contribution in [0.3, 0.4) is 0 Å². The van der Waals surface area contributed by atoms with Crippen LogP contribution in [0.1, 0.15) is 47.0 Å². The molecule has 7 atom stereocenters. The molecule has 26 heavy (non-hydrogen) atoms. The van der Waals surface area contributed by atoms with E-state index in [2.05, 4.69) is 19.9 Å². The summed E-state index contributed by atoms with van der Waals surface area (Å²) < 4.78 is 10.8. The van der Waals surface area contributed by atoms with E-state index in [4.69, 9.17) is 9.47 Å². The van der Waals surface area contributed by atoms with E-state index in [1.807, 2.05) is 6.92 Å². The van der Waals surface area contributed by atoms with Gasteiger partial charge in [0.1, 0.15) is 23.9 Å².